The van der Waals surface area contributed by atoms with E-state index in [2.05, 4.69) is 10.6 Å². The van der Waals surface area contributed by atoms with Gasteiger partial charge in [-0.05, 0) is 49.6 Å². The minimum Gasteiger partial charge on any atom is -0.481 e. The number of imide groups is 1. The van der Waals surface area contributed by atoms with Crippen molar-refractivity contribution in [3.05, 3.63) is 22.4 Å². The second kappa shape index (κ2) is 7.21. The van der Waals surface area contributed by atoms with Crippen LogP contribution in [0, 0.1) is 5.41 Å². The van der Waals surface area contributed by atoms with Crippen molar-refractivity contribution in [2.24, 2.45) is 5.41 Å². The number of rotatable bonds is 6. The molecule has 1 atom stereocenters. The lowest BCUT2D eigenvalue weighted by Gasteiger charge is -2.18. The largest absolute Gasteiger partial charge is 0.481 e. The molecule has 0 radical (unpaired) electrons. The fourth-order valence-corrected chi connectivity index (χ4v) is 2.40. The van der Waals surface area contributed by atoms with E-state index < -0.39 is 23.3 Å². The molecule has 0 saturated carbocycles. The molecule has 0 aliphatic carbocycles. The van der Waals surface area contributed by atoms with Gasteiger partial charge >= 0.3 is 12.0 Å². The third-order valence-corrected chi connectivity index (χ3v) is 3.67. The zero-order chi connectivity index (χ0) is 16.0. The Kier molecular flexibility index (Phi) is 5.90. The van der Waals surface area contributed by atoms with Gasteiger partial charge in [0, 0.05) is 12.5 Å². The quantitative estimate of drug-likeness (QED) is 0.748. The molecule has 0 aliphatic rings. The van der Waals surface area contributed by atoms with Gasteiger partial charge in [-0.3, -0.25) is 14.9 Å². The van der Waals surface area contributed by atoms with Crippen LogP contribution in [0.25, 0.3) is 0 Å². The summed E-state index contributed by atoms with van der Waals surface area (Å²) in [7, 11) is 0. The first-order valence-electron chi connectivity index (χ1n) is 6.55. The molecule has 21 heavy (non-hydrogen) atoms. The van der Waals surface area contributed by atoms with Crippen LogP contribution in [0.1, 0.15) is 32.8 Å². The Morgan fingerprint density at radius 2 is 2.05 bits per heavy atom. The maximum absolute atomic E-state index is 11.7. The number of amides is 3. The van der Waals surface area contributed by atoms with Crippen LogP contribution in [0.5, 0.6) is 0 Å². The summed E-state index contributed by atoms with van der Waals surface area (Å²) in [6, 6.07) is 1.24. The second-order valence-corrected chi connectivity index (χ2v) is 6.40. The Hall–Kier alpha value is -1.89. The van der Waals surface area contributed by atoms with E-state index in [0.717, 1.165) is 5.56 Å². The van der Waals surface area contributed by atoms with Crippen LogP contribution >= 0.6 is 11.3 Å². The number of aliphatic carboxylic acids is 1. The molecule has 0 saturated heterocycles. The van der Waals surface area contributed by atoms with Crippen molar-refractivity contribution < 1.29 is 19.5 Å². The highest BCUT2D eigenvalue weighted by atomic mass is 32.1. The molecular weight excluding hydrogens is 292 g/mol. The van der Waals surface area contributed by atoms with Crippen molar-refractivity contribution >= 4 is 29.2 Å². The van der Waals surface area contributed by atoms with Crippen LogP contribution in [0.4, 0.5) is 4.79 Å². The van der Waals surface area contributed by atoms with E-state index in [0.29, 0.717) is 6.42 Å². The highest BCUT2D eigenvalue weighted by Gasteiger charge is 2.30. The van der Waals surface area contributed by atoms with Crippen LogP contribution in [0.15, 0.2) is 16.8 Å². The zero-order valence-electron chi connectivity index (χ0n) is 12.3. The summed E-state index contributed by atoms with van der Waals surface area (Å²) in [4.78, 5) is 34.2. The van der Waals surface area contributed by atoms with Crippen molar-refractivity contribution in [1.82, 2.24) is 10.6 Å². The summed E-state index contributed by atoms with van der Waals surface area (Å²) in [5, 5.41) is 17.7. The average Bonchev–Trinajstić information content (AvgIpc) is 2.79. The van der Waals surface area contributed by atoms with Crippen LogP contribution in [0.3, 0.4) is 0 Å². The fraction of sp³-hybridized carbons (Fsp3) is 0.500. The van der Waals surface area contributed by atoms with Gasteiger partial charge < -0.3 is 10.4 Å². The van der Waals surface area contributed by atoms with E-state index in [1.54, 1.807) is 11.3 Å². The molecule has 0 aromatic carbocycles. The lowest BCUT2D eigenvalue weighted by molar-refractivity contribution is -0.149. The Bertz CT molecular complexity index is 511. The summed E-state index contributed by atoms with van der Waals surface area (Å²) in [6.07, 6.45) is 0.417. The van der Waals surface area contributed by atoms with Crippen LogP contribution in [-0.2, 0) is 16.0 Å². The maximum Gasteiger partial charge on any atom is 0.321 e. The van der Waals surface area contributed by atoms with Crippen LogP contribution in [0.2, 0.25) is 0 Å². The third-order valence-electron chi connectivity index (χ3n) is 2.93. The summed E-state index contributed by atoms with van der Waals surface area (Å²) in [5.41, 5.74) is -0.0849. The molecule has 1 unspecified atom stereocenters. The molecular formula is C14H20N2O4S. The number of hydrogen-bond acceptors (Lipinski definition) is 4. The standard InChI is InChI=1S/C14H20N2O4S/c1-9(6-10-4-5-21-8-10)15-13(20)16-11(17)7-14(2,3)12(18)19/h4-5,8-9H,6-7H2,1-3H3,(H,18,19)(H2,15,16,17,20). The minimum absolute atomic E-state index is 0.125. The van der Waals surface area contributed by atoms with Gasteiger partial charge in [0.15, 0.2) is 0 Å². The molecule has 116 valence electrons. The van der Waals surface area contributed by atoms with Crippen molar-refractivity contribution in [3.8, 4) is 0 Å². The predicted molar refractivity (Wildman–Crippen MR) is 80.2 cm³/mol. The van der Waals surface area contributed by atoms with Gasteiger partial charge in [-0.2, -0.15) is 11.3 Å². The topological polar surface area (TPSA) is 95.5 Å². The monoisotopic (exact) mass is 312 g/mol. The number of urea groups is 1. The van der Waals surface area contributed by atoms with E-state index in [-0.39, 0.29) is 12.5 Å². The van der Waals surface area contributed by atoms with E-state index in [1.807, 2.05) is 23.8 Å². The smallest absolute Gasteiger partial charge is 0.321 e. The van der Waals surface area contributed by atoms with Gasteiger partial charge in [0.05, 0.1) is 5.41 Å². The predicted octanol–water partition coefficient (Wildman–Crippen LogP) is 2.01. The highest BCUT2D eigenvalue weighted by molar-refractivity contribution is 7.07. The van der Waals surface area contributed by atoms with Crippen molar-refractivity contribution in [1.29, 1.82) is 0 Å². The molecule has 6 nitrogen and oxygen atoms in total. The van der Waals surface area contributed by atoms with E-state index >= 15 is 0 Å². The summed E-state index contributed by atoms with van der Waals surface area (Å²) in [5.74, 6) is -1.69. The van der Waals surface area contributed by atoms with Gasteiger partial charge in [-0.25, -0.2) is 4.79 Å². The van der Waals surface area contributed by atoms with Gasteiger partial charge in [0.2, 0.25) is 5.91 Å². The number of carbonyl (C=O) groups excluding carboxylic acids is 2. The Balaban J connectivity index is 2.39. The number of hydrogen-bond donors (Lipinski definition) is 3. The van der Waals surface area contributed by atoms with Crippen molar-refractivity contribution in [2.75, 3.05) is 0 Å². The SMILES string of the molecule is CC(Cc1ccsc1)NC(=O)NC(=O)CC(C)(C)C(=O)O. The molecule has 3 amide bonds. The Labute approximate surface area is 127 Å². The maximum atomic E-state index is 11.7. The third kappa shape index (κ3) is 5.95. The normalized spacial score (nSPS) is 12.5. The zero-order valence-corrected chi connectivity index (χ0v) is 13.1. The Morgan fingerprint density at radius 3 is 2.57 bits per heavy atom. The van der Waals surface area contributed by atoms with Crippen LogP contribution < -0.4 is 10.6 Å². The molecule has 3 N–H and O–H groups in total. The van der Waals surface area contributed by atoms with Crippen LogP contribution in [-0.4, -0.2) is 29.1 Å². The first-order valence-corrected chi connectivity index (χ1v) is 7.50. The van der Waals surface area contributed by atoms with Gasteiger partial charge in [0.1, 0.15) is 0 Å². The molecule has 7 heteroatoms. The number of carboxylic acids is 1. The first kappa shape index (κ1) is 17.2. The number of carbonyl (C=O) groups is 3. The van der Waals surface area contributed by atoms with Crippen molar-refractivity contribution in [3.63, 3.8) is 0 Å². The minimum atomic E-state index is -1.20. The molecule has 1 heterocycles. The van der Waals surface area contributed by atoms with Gasteiger partial charge in [0.25, 0.3) is 0 Å². The number of thiophene rings is 1. The molecule has 0 fully saturated rings. The molecule has 0 bridgehead atoms. The fourth-order valence-electron chi connectivity index (χ4n) is 1.72. The lowest BCUT2D eigenvalue weighted by Crippen LogP contribution is -2.45. The number of nitrogens with one attached hydrogen (secondary N) is 2. The molecule has 1 aromatic heterocycles. The average molecular weight is 312 g/mol. The Morgan fingerprint density at radius 1 is 1.38 bits per heavy atom. The second-order valence-electron chi connectivity index (χ2n) is 5.62. The lowest BCUT2D eigenvalue weighted by atomic mass is 9.89. The van der Waals surface area contributed by atoms with Gasteiger partial charge in [-0.1, -0.05) is 0 Å². The van der Waals surface area contributed by atoms with E-state index in [9.17, 15) is 14.4 Å². The summed E-state index contributed by atoms with van der Waals surface area (Å²) < 4.78 is 0. The first-order chi connectivity index (χ1) is 9.70. The molecule has 1 rings (SSSR count). The number of carboxylic acid groups (broad SMARTS) is 1. The van der Waals surface area contributed by atoms with Gasteiger partial charge in [-0.15, -0.1) is 0 Å². The van der Waals surface area contributed by atoms with Crippen molar-refractivity contribution in [2.45, 2.75) is 39.7 Å². The molecule has 0 aliphatic heterocycles. The summed E-state index contributed by atoms with van der Waals surface area (Å²) >= 11 is 1.58. The highest BCUT2D eigenvalue weighted by Crippen LogP contribution is 2.19. The van der Waals surface area contributed by atoms with E-state index in [1.165, 1.54) is 13.8 Å². The summed E-state index contributed by atoms with van der Waals surface area (Å²) in [6.45, 7) is 4.71. The van der Waals surface area contributed by atoms with E-state index in [4.69, 9.17) is 5.11 Å². The molecule has 1 aromatic rings. The molecule has 0 spiro atoms.